The van der Waals surface area contributed by atoms with E-state index in [0.717, 1.165) is 12.8 Å². The molecule has 1 heterocycles. The Balaban J connectivity index is 1.89. The molecule has 1 aliphatic rings. The molecule has 0 spiro atoms. The summed E-state index contributed by atoms with van der Waals surface area (Å²) in [6.07, 6.45) is 2.28. The number of nitrogens with one attached hydrogen (secondary N) is 2. The van der Waals surface area contributed by atoms with E-state index in [-0.39, 0.29) is 23.1 Å². The lowest BCUT2D eigenvalue weighted by Gasteiger charge is -2.04. The van der Waals surface area contributed by atoms with Crippen LogP contribution >= 0.6 is 0 Å². The fourth-order valence-corrected chi connectivity index (χ4v) is 3.49. The molecule has 120 valence electrons. The first-order valence-electron chi connectivity index (χ1n) is 6.84. The van der Waals surface area contributed by atoms with Crippen LogP contribution in [0.1, 0.15) is 25.5 Å². The summed E-state index contributed by atoms with van der Waals surface area (Å²) in [5.74, 6) is 0.315. The van der Waals surface area contributed by atoms with Gasteiger partial charge in [-0.1, -0.05) is 6.92 Å². The maximum atomic E-state index is 12.0. The van der Waals surface area contributed by atoms with Crippen molar-refractivity contribution in [3.05, 3.63) is 17.9 Å². The van der Waals surface area contributed by atoms with E-state index in [1.807, 2.05) is 0 Å². The molecule has 0 radical (unpaired) electrons. The molecule has 0 atom stereocenters. The summed E-state index contributed by atoms with van der Waals surface area (Å²) in [5, 5.41) is 3.03. The normalized spacial score (nSPS) is 16.2. The molecule has 1 aromatic heterocycles. The smallest absolute Gasteiger partial charge is 0.273 e. The second kappa shape index (κ2) is 6.47. The summed E-state index contributed by atoms with van der Waals surface area (Å²) < 4.78 is 54.0. The largest absolute Gasteiger partial charge is 0.447 e. The van der Waals surface area contributed by atoms with Crippen LogP contribution in [-0.2, 0) is 26.4 Å². The van der Waals surface area contributed by atoms with Crippen molar-refractivity contribution < 1.29 is 21.3 Å². The van der Waals surface area contributed by atoms with Crippen LogP contribution in [0.5, 0.6) is 0 Å². The Kier molecular flexibility index (Phi) is 5.07. The minimum Gasteiger partial charge on any atom is -0.447 e. The van der Waals surface area contributed by atoms with Gasteiger partial charge in [-0.15, -0.1) is 0 Å². The summed E-state index contributed by atoms with van der Waals surface area (Å²) in [6, 6.07) is 3.49. The maximum absolute atomic E-state index is 12.0. The number of hydrogen-bond donors (Lipinski definition) is 2. The van der Waals surface area contributed by atoms with E-state index in [1.165, 1.54) is 13.0 Å². The molecule has 1 aliphatic carbocycles. The number of furan rings is 1. The Labute approximate surface area is 125 Å². The van der Waals surface area contributed by atoms with Gasteiger partial charge in [-0.3, -0.25) is 0 Å². The fourth-order valence-electron chi connectivity index (χ4n) is 1.68. The molecule has 1 saturated carbocycles. The topological polar surface area (TPSA) is 105 Å². The Morgan fingerprint density at radius 2 is 1.95 bits per heavy atom. The first kappa shape index (κ1) is 16.5. The zero-order chi connectivity index (χ0) is 15.5. The quantitative estimate of drug-likeness (QED) is 0.669. The molecule has 2 N–H and O–H groups in total. The lowest BCUT2D eigenvalue weighted by molar-refractivity contribution is 0.399. The zero-order valence-corrected chi connectivity index (χ0v) is 13.5. The van der Waals surface area contributed by atoms with Crippen molar-refractivity contribution in [3.8, 4) is 0 Å². The van der Waals surface area contributed by atoms with Crippen molar-refractivity contribution in [3.63, 3.8) is 0 Å². The van der Waals surface area contributed by atoms with Crippen LogP contribution in [-0.4, -0.2) is 40.9 Å². The second-order valence-electron chi connectivity index (χ2n) is 5.01. The van der Waals surface area contributed by atoms with Gasteiger partial charge in [0, 0.05) is 18.3 Å². The van der Waals surface area contributed by atoms with E-state index in [1.54, 1.807) is 6.07 Å². The molecule has 0 aliphatic heterocycles. The zero-order valence-electron chi connectivity index (χ0n) is 11.8. The van der Waals surface area contributed by atoms with E-state index in [9.17, 15) is 16.8 Å². The molecular weight excluding hydrogens is 316 g/mol. The van der Waals surface area contributed by atoms with Crippen LogP contribution in [0.3, 0.4) is 0 Å². The highest BCUT2D eigenvalue weighted by Crippen LogP contribution is 2.20. The molecule has 0 aromatic carbocycles. The van der Waals surface area contributed by atoms with Crippen molar-refractivity contribution >= 4 is 19.9 Å². The Bertz CT molecular complexity index is 674. The fraction of sp³-hybridized carbons (Fsp3) is 0.667. The SMILES string of the molecule is CCS(=O)(=O)CCNS(=O)(=O)c1ccc(CNC2CC2)o1. The standard InChI is InChI=1S/C12H20N2O5S2/c1-2-20(15,16)8-7-14-21(17,18)12-6-5-11(19-12)9-13-10-3-4-10/h5-6,10,13-14H,2-4,7-9H2,1H3. The highest BCUT2D eigenvalue weighted by atomic mass is 32.2. The van der Waals surface area contributed by atoms with Crippen LogP contribution in [0.2, 0.25) is 0 Å². The Morgan fingerprint density at radius 1 is 1.24 bits per heavy atom. The lowest BCUT2D eigenvalue weighted by atomic mass is 10.4. The van der Waals surface area contributed by atoms with Gasteiger partial charge in [0.2, 0.25) is 5.09 Å². The number of hydrogen-bond acceptors (Lipinski definition) is 6. The minimum absolute atomic E-state index is 0.00748. The van der Waals surface area contributed by atoms with Gasteiger partial charge in [0.05, 0.1) is 12.3 Å². The predicted molar refractivity (Wildman–Crippen MR) is 78.1 cm³/mol. The molecule has 2 rings (SSSR count). The van der Waals surface area contributed by atoms with E-state index >= 15 is 0 Å². The van der Waals surface area contributed by atoms with Crippen molar-refractivity contribution in [2.45, 2.75) is 37.4 Å². The van der Waals surface area contributed by atoms with Gasteiger partial charge in [0.15, 0.2) is 9.84 Å². The van der Waals surface area contributed by atoms with Crippen molar-refractivity contribution in [1.29, 1.82) is 0 Å². The van der Waals surface area contributed by atoms with Gasteiger partial charge < -0.3 is 9.73 Å². The maximum Gasteiger partial charge on any atom is 0.273 e. The van der Waals surface area contributed by atoms with Gasteiger partial charge in [-0.05, 0) is 25.0 Å². The highest BCUT2D eigenvalue weighted by molar-refractivity contribution is 7.91. The van der Waals surface area contributed by atoms with Crippen LogP contribution < -0.4 is 10.0 Å². The molecule has 0 bridgehead atoms. The van der Waals surface area contributed by atoms with E-state index in [0.29, 0.717) is 18.3 Å². The predicted octanol–water partition coefficient (Wildman–Crippen LogP) is 0.245. The summed E-state index contributed by atoms with van der Waals surface area (Å²) in [4.78, 5) is 0. The average molecular weight is 336 g/mol. The highest BCUT2D eigenvalue weighted by Gasteiger charge is 2.22. The van der Waals surface area contributed by atoms with Crippen molar-refractivity contribution in [2.24, 2.45) is 0 Å². The third-order valence-corrected chi connectivity index (χ3v) is 6.23. The first-order valence-corrected chi connectivity index (χ1v) is 10.1. The summed E-state index contributed by atoms with van der Waals surface area (Å²) >= 11 is 0. The molecule has 7 nitrogen and oxygen atoms in total. The molecule has 9 heteroatoms. The van der Waals surface area contributed by atoms with E-state index < -0.39 is 19.9 Å². The molecule has 0 amide bonds. The lowest BCUT2D eigenvalue weighted by Crippen LogP contribution is -2.29. The van der Waals surface area contributed by atoms with E-state index in [4.69, 9.17) is 4.42 Å². The van der Waals surface area contributed by atoms with Crippen LogP contribution in [0.15, 0.2) is 21.6 Å². The van der Waals surface area contributed by atoms with Crippen molar-refractivity contribution in [2.75, 3.05) is 18.1 Å². The molecule has 21 heavy (non-hydrogen) atoms. The van der Waals surface area contributed by atoms with E-state index in [2.05, 4.69) is 10.0 Å². The number of rotatable bonds is 9. The Hall–Kier alpha value is -0.900. The number of sulfonamides is 1. The minimum atomic E-state index is -3.80. The average Bonchev–Trinajstić information content (AvgIpc) is 3.12. The second-order valence-corrected chi connectivity index (χ2v) is 9.18. The molecular formula is C12H20N2O5S2. The third kappa shape index (κ3) is 5.10. The van der Waals surface area contributed by atoms with Crippen LogP contribution in [0, 0.1) is 0 Å². The van der Waals surface area contributed by atoms with Crippen LogP contribution in [0.4, 0.5) is 0 Å². The summed E-state index contributed by atoms with van der Waals surface area (Å²) in [6.45, 7) is 1.86. The number of sulfone groups is 1. The van der Waals surface area contributed by atoms with Gasteiger partial charge in [0.1, 0.15) is 5.76 Å². The molecule has 0 unspecified atom stereocenters. The van der Waals surface area contributed by atoms with Gasteiger partial charge in [-0.2, -0.15) is 0 Å². The van der Waals surface area contributed by atoms with Gasteiger partial charge in [-0.25, -0.2) is 21.6 Å². The van der Waals surface area contributed by atoms with Gasteiger partial charge >= 0.3 is 0 Å². The monoisotopic (exact) mass is 336 g/mol. The Morgan fingerprint density at radius 3 is 2.57 bits per heavy atom. The first-order chi connectivity index (χ1) is 9.82. The van der Waals surface area contributed by atoms with Gasteiger partial charge in [0.25, 0.3) is 10.0 Å². The molecule has 1 fully saturated rings. The van der Waals surface area contributed by atoms with Crippen LogP contribution in [0.25, 0.3) is 0 Å². The summed E-state index contributed by atoms with van der Waals surface area (Å²) in [5.41, 5.74) is 0. The third-order valence-electron chi connectivity index (χ3n) is 3.19. The van der Waals surface area contributed by atoms with Crippen molar-refractivity contribution in [1.82, 2.24) is 10.0 Å². The molecule has 1 aromatic rings. The molecule has 0 saturated heterocycles. The summed E-state index contributed by atoms with van der Waals surface area (Å²) in [7, 11) is -7.00.